The molecule has 0 saturated heterocycles. The van der Waals surface area contributed by atoms with Crippen molar-refractivity contribution in [3.05, 3.63) is 20.8 Å². The van der Waals surface area contributed by atoms with E-state index in [1.54, 1.807) is 11.3 Å². The van der Waals surface area contributed by atoms with Gasteiger partial charge in [-0.05, 0) is 38.2 Å². The Hall–Kier alpha value is -1.34. The molecule has 2 aromatic rings. The van der Waals surface area contributed by atoms with E-state index < -0.39 is 0 Å². The van der Waals surface area contributed by atoms with E-state index in [4.69, 9.17) is 0 Å². The van der Waals surface area contributed by atoms with Crippen LogP contribution in [0.25, 0.3) is 10.2 Å². The summed E-state index contributed by atoms with van der Waals surface area (Å²) < 4.78 is 0. The summed E-state index contributed by atoms with van der Waals surface area (Å²) in [6.45, 7) is 10.9. The lowest BCUT2D eigenvalue weighted by atomic mass is 9.98. The van der Waals surface area contributed by atoms with Crippen LogP contribution >= 0.6 is 23.1 Å². The second kappa shape index (κ2) is 8.85. The van der Waals surface area contributed by atoms with E-state index in [-0.39, 0.29) is 16.7 Å². The molecular weight excluding hydrogens is 354 g/mol. The van der Waals surface area contributed by atoms with Crippen LogP contribution in [0.3, 0.4) is 0 Å². The molecule has 2 atom stereocenters. The van der Waals surface area contributed by atoms with Gasteiger partial charge in [-0.15, -0.1) is 11.3 Å². The molecule has 7 heteroatoms. The highest BCUT2D eigenvalue weighted by Gasteiger charge is 2.19. The molecule has 0 bridgehead atoms. The number of carbonyl (C=O) groups is 1. The van der Waals surface area contributed by atoms with Crippen LogP contribution in [-0.2, 0) is 11.2 Å². The lowest BCUT2D eigenvalue weighted by Gasteiger charge is -2.11. The Labute approximate surface area is 157 Å². The first-order chi connectivity index (χ1) is 11.9. The topological polar surface area (TPSA) is 74.8 Å². The third-order valence-electron chi connectivity index (χ3n) is 4.30. The number of H-pyrrole nitrogens is 1. The van der Waals surface area contributed by atoms with E-state index in [2.05, 4.69) is 36.1 Å². The third kappa shape index (κ3) is 4.85. The summed E-state index contributed by atoms with van der Waals surface area (Å²) in [6.07, 6.45) is 2.88. The van der Waals surface area contributed by atoms with Gasteiger partial charge in [0.15, 0.2) is 5.16 Å². The lowest BCUT2D eigenvalue weighted by Crippen LogP contribution is -2.31. The van der Waals surface area contributed by atoms with Crippen molar-refractivity contribution in [2.45, 2.75) is 64.3 Å². The number of nitrogens with one attached hydrogen (secondary N) is 2. The van der Waals surface area contributed by atoms with E-state index in [1.165, 1.54) is 11.8 Å². The van der Waals surface area contributed by atoms with Gasteiger partial charge < -0.3 is 10.3 Å². The van der Waals surface area contributed by atoms with Crippen molar-refractivity contribution in [1.82, 2.24) is 15.3 Å². The number of fused-ring (bicyclic) bond motifs is 1. The first-order valence-electron chi connectivity index (χ1n) is 8.83. The summed E-state index contributed by atoms with van der Waals surface area (Å²) >= 11 is 2.86. The number of carbonyl (C=O) groups excluding carboxylic acids is 1. The zero-order valence-electron chi connectivity index (χ0n) is 15.6. The van der Waals surface area contributed by atoms with E-state index in [9.17, 15) is 9.59 Å². The molecular formula is C18H27N3O2S2. The highest BCUT2D eigenvalue weighted by Crippen LogP contribution is 2.31. The maximum Gasteiger partial charge on any atom is 0.260 e. The molecule has 2 heterocycles. The summed E-state index contributed by atoms with van der Waals surface area (Å²) in [5.74, 6) is 0.502. The van der Waals surface area contributed by atoms with Crippen LogP contribution in [0.15, 0.2) is 9.95 Å². The molecule has 2 N–H and O–H groups in total. The van der Waals surface area contributed by atoms with Gasteiger partial charge in [-0.25, -0.2) is 4.98 Å². The van der Waals surface area contributed by atoms with Crippen molar-refractivity contribution in [2.24, 2.45) is 5.92 Å². The fourth-order valence-electron chi connectivity index (χ4n) is 2.56. The minimum absolute atomic E-state index is 0.0329. The monoisotopic (exact) mass is 381 g/mol. The Bertz CT molecular complexity index is 797. The number of aryl methyl sites for hydroxylation is 1. The van der Waals surface area contributed by atoms with Crippen molar-refractivity contribution in [3.63, 3.8) is 0 Å². The maximum atomic E-state index is 12.6. The fraction of sp³-hybridized carbons (Fsp3) is 0.611. The standard InChI is InChI=1S/C18H27N3O2S2/c1-6-8-19-15(22)12(5)25-18-20-16(23)14-13(9-10(3)7-2)11(4)24-17(14)21-18/h10,12H,6-9H2,1-5H3,(H,19,22)(H,20,21,23)/t10-,12-/m0/s1. The molecule has 138 valence electrons. The van der Waals surface area contributed by atoms with Gasteiger partial charge in [0.05, 0.1) is 10.6 Å². The quantitative estimate of drug-likeness (QED) is 0.537. The number of thioether (sulfide) groups is 1. The van der Waals surface area contributed by atoms with Crippen LogP contribution in [0.4, 0.5) is 0 Å². The van der Waals surface area contributed by atoms with Crippen molar-refractivity contribution in [2.75, 3.05) is 6.54 Å². The molecule has 1 amide bonds. The average molecular weight is 382 g/mol. The van der Waals surface area contributed by atoms with E-state index >= 15 is 0 Å². The van der Waals surface area contributed by atoms with Gasteiger partial charge in [0, 0.05) is 11.4 Å². The van der Waals surface area contributed by atoms with E-state index in [1.807, 2.05) is 13.8 Å². The molecule has 0 spiro atoms. The predicted octanol–water partition coefficient (Wildman–Crippen LogP) is 3.89. The van der Waals surface area contributed by atoms with Gasteiger partial charge in [0.25, 0.3) is 5.56 Å². The molecule has 2 rings (SSSR count). The summed E-state index contributed by atoms with van der Waals surface area (Å²) in [5, 5.41) is 3.80. The smallest absolute Gasteiger partial charge is 0.260 e. The van der Waals surface area contributed by atoms with Crippen LogP contribution in [0.2, 0.25) is 0 Å². The number of aromatic nitrogens is 2. The van der Waals surface area contributed by atoms with Crippen LogP contribution in [0.5, 0.6) is 0 Å². The molecule has 0 unspecified atom stereocenters. The summed E-state index contributed by atoms with van der Waals surface area (Å²) in [4.78, 5) is 34.0. The molecule has 5 nitrogen and oxygen atoms in total. The summed E-state index contributed by atoms with van der Waals surface area (Å²) in [5.41, 5.74) is 1.02. The largest absolute Gasteiger partial charge is 0.355 e. The summed E-state index contributed by atoms with van der Waals surface area (Å²) in [7, 11) is 0. The number of thiophene rings is 1. The zero-order chi connectivity index (χ0) is 18.6. The maximum absolute atomic E-state index is 12.6. The van der Waals surface area contributed by atoms with E-state index in [0.29, 0.717) is 17.6 Å². The Balaban J connectivity index is 2.28. The Morgan fingerprint density at radius 3 is 2.72 bits per heavy atom. The van der Waals surface area contributed by atoms with Crippen LogP contribution in [-0.4, -0.2) is 27.7 Å². The minimum Gasteiger partial charge on any atom is -0.355 e. The predicted molar refractivity (Wildman–Crippen MR) is 107 cm³/mol. The van der Waals surface area contributed by atoms with Crippen LogP contribution < -0.4 is 10.9 Å². The molecule has 0 aliphatic rings. The van der Waals surface area contributed by atoms with Gasteiger partial charge in [0.2, 0.25) is 5.91 Å². The highest BCUT2D eigenvalue weighted by atomic mass is 32.2. The number of aromatic amines is 1. The van der Waals surface area contributed by atoms with Crippen molar-refractivity contribution in [3.8, 4) is 0 Å². The van der Waals surface area contributed by atoms with Gasteiger partial charge in [-0.3, -0.25) is 9.59 Å². The number of amides is 1. The van der Waals surface area contributed by atoms with Crippen molar-refractivity contribution in [1.29, 1.82) is 0 Å². The van der Waals surface area contributed by atoms with Crippen LogP contribution in [0, 0.1) is 12.8 Å². The SMILES string of the molecule is CCCNC(=O)[C@H](C)Sc1nc2sc(C)c(C[C@@H](C)CC)c2c(=O)[nH]1. The molecule has 0 aromatic carbocycles. The van der Waals surface area contributed by atoms with Gasteiger partial charge >= 0.3 is 0 Å². The highest BCUT2D eigenvalue weighted by molar-refractivity contribution is 8.00. The molecule has 0 saturated carbocycles. The van der Waals surface area contributed by atoms with Crippen molar-refractivity contribution >= 4 is 39.2 Å². The molecule has 0 aliphatic carbocycles. The fourth-order valence-corrected chi connectivity index (χ4v) is 4.49. The first-order valence-corrected chi connectivity index (χ1v) is 10.5. The third-order valence-corrected chi connectivity index (χ3v) is 6.32. The number of hydrogen-bond donors (Lipinski definition) is 2. The van der Waals surface area contributed by atoms with Crippen molar-refractivity contribution < 1.29 is 4.79 Å². The average Bonchev–Trinajstić information content (AvgIpc) is 2.88. The lowest BCUT2D eigenvalue weighted by molar-refractivity contribution is -0.120. The van der Waals surface area contributed by atoms with E-state index in [0.717, 1.165) is 39.9 Å². The molecule has 25 heavy (non-hydrogen) atoms. The molecule has 2 aromatic heterocycles. The van der Waals surface area contributed by atoms with Gasteiger partial charge in [-0.1, -0.05) is 39.0 Å². The number of hydrogen-bond acceptors (Lipinski definition) is 5. The number of rotatable bonds is 8. The molecule has 0 fully saturated rings. The summed E-state index contributed by atoms with van der Waals surface area (Å²) in [6, 6.07) is 0. The molecule has 0 aliphatic heterocycles. The van der Waals surface area contributed by atoms with Gasteiger partial charge in [0.1, 0.15) is 4.83 Å². The molecule has 0 radical (unpaired) electrons. The Morgan fingerprint density at radius 2 is 2.08 bits per heavy atom. The Kier molecular flexibility index (Phi) is 7.07. The number of nitrogens with zero attached hydrogens (tertiary/aromatic N) is 1. The second-order valence-corrected chi connectivity index (χ2v) is 8.99. The zero-order valence-corrected chi connectivity index (χ0v) is 17.2. The minimum atomic E-state index is -0.298. The first kappa shape index (κ1) is 20.0. The Morgan fingerprint density at radius 1 is 1.36 bits per heavy atom. The second-order valence-electron chi connectivity index (χ2n) is 6.46. The normalized spacial score (nSPS) is 13.8. The van der Waals surface area contributed by atoms with Gasteiger partial charge in [-0.2, -0.15) is 0 Å². The van der Waals surface area contributed by atoms with Crippen LogP contribution in [0.1, 0.15) is 51.0 Å².